The summed E-state index contributed by atoms with van der Waals surface area (Å²) < 4.78 is 1.83. The van der Waals surface area contributed by atoms with Gasteiger partial charge in [0.2, 0.25) is 0 Å². The number of nitrogens with one attached hydrogen (secondary N) is 1. The van der Waals surface area contributed by atoms with Gasteiger partial charge < -0.3 is 15.3 Å². The highest BCUT2D eigenvalue weighted by Gasteiger charge is 2.25. The number of hydrogen-bond donors (Lipinski definition) is 2. The molecule has 1 aliphatic rings. The third kappa shape index (κ3) is 3.91. The Balaban J connectivity index is 1.53. The second-order valence-corrected chi connectivity index (χ2v) is 6.22. The van der Waals surface area contributed by atoms with E-state index in [0.29, 0.717) is 25.6 Å². The van der Waals surface area contributed by atoms with Gasteiger partial charge in [-0.3, -0.25) is 4.57 Å². The predicted molar refractivity (Wildman–Crippen MR) is 89.6 cm³/mol. The van der Waals surface area contributed by atoms with Crippen molar-refractivity contribution >= 4 is 6.03 Å². The van der Waals surface area contributed by atoms with Crippen molar-refractivity contribution in [2.45, 2.75) is 32.4 Å². The average Bonchev–Trinajstić information content (AvgIpc) is 3.15. The standard InChI is InChI=1S/C17H23N5O2/c1-13(23)15-3-7-21(8-4-15)17(24)20-11-14-2-5-19-16(10-14)22-9-6-18-12-22/h2,5-6,9-10,12-13,15,23H,3-4,7-8,11H2,1H3,(H,20,24). The van der Waals surface area contributed by atoms with Gasteiger partial charge in [-0.15, -0.1) is 0 Å². The van der Waals surface area contributed by atoms with E-state index >= 15 is 0 Å². The molecule has 7 heteroatoms. The zero-order valence-corrected chi connectivity index (χ0v) is 13.8. The normalized spacial score (nSPS) is 16.8. The van der Waals surface area contributed by atoms with Crippen molar-refractivity contribution in [2.24, 2.45) is 5.92 Å². The van der Waals surface area contributed by atoms with Crippen LogP contribution in [-0.4, -0.2) is 49.8 Å². The molecular formula is C17H23N5O2. The first-order valence-corrected chi connectivity index (χ1v) is 8.27. The number of carbonyl (C=O) groups excluding carboxylic acids is 1. The van der Waals surface area contributed by atoms with Crippen molar-refractivity contribution in [2.75, 3.05) is 13.1 Å². The van der Waals surface area contributed by atoms with E-state index in [4.69, 9.17) is 0 Å². The first-order valence-electron chi connectivity index (χ1n) is 8.27. The fourth-order valence-electron chi connectivity index (χ4n) is 2.98. The number of hydrogen-bond acceptors (Lipinski definition) is 4. The summed E-state index contributed by atoms with van der Waals surface area (Å²) >= 11 is 0. The molecule has 1 unspecified atom stereocenters. The van der Waals surface area contributed by atoms with Gasteiger partial charge in [0.1, 0.15) is 12.1 Å². The fraction of sp³-hybridized carbons (Fsp3) is 0.471. The van der Waals surface area contributed by atoms with Gasteiger partial charge in [-0.2, -0.15) is 0 Å². The molecule has 1 saturated heterocycles. The van der Waals surface area contributed by atoms with Gasteiger partial charge in [-0.1, -0.05) is 0 Å². The summed E-state index contributed by atoms with van der Waals surface area (Å²) in [6.07, 6.45) is 8.36. The maximum absolute atomic E-state index is 12.3. The summed E-state index contributed by atoms with van der Waals surface area (Å²) in [4.78, 5) is 22.4. The Morgan fingerprint density at radius 3 is 2.88 bits per heavy atom. The highest BCUT2D eigenvalue weighted by atomic mass is 16.3. The second-order valence-electron chi connectivity index (χ2n) is 6.22. The minimum Gasteiger partial charge on any atom is -0.393 e. The summed E-state index contributed by atoms with van der Waals surface area (Å²) in [5.74, 6) is 1.07. The SMILES string of the molecule is CC(O)C1CCN(C(=O)NCc2ccnc(-n3ccnc3)c2)CC1. The van der Waals surface area contributed by atoms with Crippen LogP contribution in [0, 0.1) is 5.92 Å². The summed E-state index contributed by atoms with van der Waals surface area (Å²) in [5.41, 5.74) is 0.987. The zero-order valence-electron chi connectivity index (χ0n) is 13.8. The molecule has 0 radical (unpaired) electrons. The summed E-state index contributed by atoms with van der Waals surface area (Å²) in [5, 5.41) is 12.6. The highest BCUT2D eigenvalue weighted by molar-refractivity contribution is 5.74. The lowest BCUT2D eigenvalue weighted by Gasteiger charge is -2.33. The number of aliphatic hydroxyl groups is 1. The Morgan fingerprint density at radius 1 is 1.42 bits per heavy atom. The highest BCUT2D eigenvalue weighted by Crippen LogP contribution is 2.20. The number of imidazole rings is 1. The maximum Gasteiger partial charge on any atom is 0.317 e. The number of rotatable bonds is 4. The quantitative estimate of drug-likeness (QED) is 0.892. The van der Waals surface area contributed by atoms with Crippen LogP contribution in [0.4, 0.5) is 4.79 Å². The van der Waals surface area contributed by atoms with Gasteiger partial charge in [0.05, 0.1) is 6.10 Å². The van der Waals surface area contributed by atoms with Crippen molar-refractivity contribution in [3.05, 3.63) is 42.6 Å². The van der Waals surface area contributed by atoms with Crippen molar-refractivity contribution in [1.29, 1.82) is 0 Å². The van der Waals surface area contributed by atoms with E-state index in [1.807, 2.05) is 34.7 Å². The molecule has 0 saturated carbocycles. The molecular weight excluding hydrogens is 306 g/mol. The molecule has 2 amide bonds. The van der Waals surface area contributed by atoms with Crippen LogP contribution in [0.3, 0.4) is 0 Å². The third-order valence-electron chi connectivity index (χ3n) is 4.53. The second kappa shape index (κ2) is 7.44. The third-order valence-corrected chi connectivity index (χ3v) is 4.53. The molecule has 1 fully saturated rings. The van der Waals surface area contributed by atoms with Gasteiger partial charge in [-0.25, -0.2) is 14.8 Å². The Kier molecular flexibility index (Phi) is 5.10. The van der Waals surface area contributed by atoms with Gasteiger partial charge in [0, 0.05) is 38.2 Å². The molecule has 24 heavy (non-hydrogen) atoms. The minimum atomic E-state index is -0.298. The predicted octanol–water partition coefficient (Wildman–Crippen LogP) is 1.57. The van der Waals surface area contributed by atoms with Crippen LogP contribution in [0.2, 0.25) is 0 Å². The molecule has 3 rings (SSSR count). The molecule has 3 heterocycles. The van der Waals surface area contributed by atoms with E-state index in [2.05, 4.69) is 15.3 Å². The van der Waals surface area contributed by atoms with Crippen molar-refractivity contribution in [1.82, 2.24) is 24.8 Å². The van der Waals surface area contributed by atoms with Gasteiger partial charge in [0.25, 0.3) is 0 Å². The van der Waals surface area contributed by atoms with Gasteiger partial charge in [-0.05, 0) is 43.4 Å². The van der Waals surface area contributed by atoms with E-state index in [9.17, 15) is 9.90 Å². The number of aromatic nitrogens is 3. The van der Waals surface area contributed by atoms with Crippen LogP contribution in [-0.2, 0) is 6.54 Å². The topological polar surface area (TPSA) is 83.3 Å². The maximum atomic E-state index is 12.3. The smallest absolute Gasteiger partial charge is 0.317 e. The minimum absolute atomic E-state index is 0.0555. The van der Waals surface area contributed by atoms with Crippen molar-refractivity contribution in [3.8, 4) is 5.82 Å². The lowest BCUT2D eigenvalue weighted by Crippen LogP contribution is -2.45. The van der Waals surface area contributed by atoms with E-state index in [1.165, 1.54) is 0 Å². The molecule has 2 aromatic heterocycles. The molecule has 128 valence electrons. The van der Waals surface area contributed by atoms with E-state index in [-0.39, 0.29) is 12.1 Å². The summed E-state index contributed by atoms with van der Waals surface area (Å²) in [6.45, 7) is 3.66. The number of urea groups is 1. The monoisotopic (exact) mass is 329 g/mol. The molecule has 1 aliphatic heterocycles. The first-order chi connectivity index (χ1) is 11.6. The summed E-state index contributed by atoms with van der Waals surface area (Å²) in [6, 6.07) is 3.77. The molecule has 2 N–H and O–H groups in total. The molecule has 0 aromatic carbocycles. The first kappa shape index (κ1) is 16.4. The van der Waals surface area contributed by atoms with Crippen LogP contribution < -0.4 is 5.32 Å². The molecule has 2 aromatic rings. The van der Waals surface area contributed by atoms with Crippen LogP contribution in [0.1, 0.15) is 25.3 Å². The van der Waals surface area contributed by atoms with E-state index in [1.54, 1.807) is 18.7 Å². The number of piperidine rings is 1. The van der Waals surface area contributed by atoms with E-state index < -0.39 is 0 Å². The molecule has 0 aliphatic carbocycles. The largest absolute Gasteiger partial charge is 0.393 e. The van der Waals surface area contributed by atoms with E-state index in [0.717, 1.165) is 24.2 Å². The Labute approximate surface area is 141 Å². The van der Waals surface area contributed by atoms with Gasteiger partial charge >= 0.3 is 6.03 Å². The molecule has 0 bridgehead atoms. The summed E-state index contributed by atoms with van der Waals surface area (Å²) in [7, 11) is 0. The van der Waals surface area contributed by atoms with Crippen LogP contribution in [0.15, 0.2) is 37.1 Å². The number of pyridine rings is 1. The van der Waals surface area contributed by atoms with Crippen molar-refractivity contribution in [3.63, 3.8) is 0 Å². The average molecular weight is 329 g/mol. The molecule has 0 spiro atoms. The number of carbonyl (C=O) groups is 1. The molecule has 1 atom stereocenters. The Hall–Kier alpha value is -2.41. The zero-order chi connectivity index (χ0) is 16.9. The van der Waals surface area contributed by atoms with Crippen molar-refractivity contribution < 1.29 is 9.90 Å². The lowest BCUT2D eigenvalue weighted by molar-refractivity contribution is 0.0798. The van der Waals surface area contributed by atoms with Crippen LogP contribution >= 0.6 is 0 Å². The van der Waals surface area contributed by atoms with Crippen LogP contribution in [0.5, 0.6) is 0 Å². The Morgan fingerprint density at radius 2 is 2.21 bits per heavy atom. The number of aliphatic hydroxyl groups excluding tert-OH is 1. The van der Waals surface area contributed by atoms with Crippen LogP contribution in [0.25, 0.3) is 5.82 Å². The number of nitrogens with zero attached hydrogens (tertiary/aromatic N) is 4. The van der Waals surface area contributed by atoms with Gasteiger partial charge in [0.15, 0.2) is 0 Å². The number of amides is 2. The Bertz CT molecular complexity index is 663. The fourth-order valence-corrected chi connectivity index (χ4v) is 2.98. The molecule has 7 nitrogen and oxygen atoms in total. The lowest BCUT2D eigenvalue weighted by atomic mass is 9.92. The number of likely N-dealkylation sites (tertiary alicyclic amines) is 1.